The summed E-state index contributed by atoms with van der Waals surface area (Å²) in [4.78, 5) is 20.3. The lowest BCUT2D eigenvalue weighted by Gasteiger charge is -2.23. The number of amides is 1. The summed E-state index contributed by atoms with van der Waals surface area (Å²) in [5, 5.41) is 14.6. The molecule has 8 nitrogen and oxygen atoms in total. The van der Waals surface area contributed by atoms with Gasteiger partial charge in [-0.1, -0.05) is 17.3 Å². The van der Waals surface area contributed by atoms with Crippen LogP contribution in [-0.4, -0.2) is 50.5 Å². The van der Waals surface area contributed by atoms with Gasteiger partial charge in [-0.3, -0.25) is 4.79 Å². The van der Waals surface area contributed by atoms with Gasteiger partial charge in [0.2, 0.25) is 0 Å². The van der Waals surface area contributed by atoms with Crippen molar-refractivity contribution < 1.29 is 4.79 Å². The average molecular weight is 440 g/mol. The monoisotopic (exact) mass is 439 g/mol. The molecule has 0 unspecified atom stereocenters. The van der Waals surface area contributed by atoms with E-state index in [-0.39, 0.29) is 30.7 Å². The lowest BCUT2D eigenvalue weighted by atomic mass is 10.1. The second-order valence-corrected chi connectivity index (χ2v) is 7.01. The molecule has 1 fully saturated rings. The minimum atomic E-state index is -0.155. The van der Waals surface area contributed by atoms with Crippen molar-refractivity contribution in [2.24, 2.45) is 0 Å². The summed E-state index contributed by atoms with van der Waals surface area (Å²) in [6.07, 6.45) is 3.63. The molecule has 1 aromatic carbocycles. The van der Waals surface area contributed by atoms with Gasteiger partial charge >= 0.3 is 0 Å². The molecular formula is C19H27Cl2N7O. The molecule has 3 N–H and O–H groups in total. The highest BCUT2D eigenvalue weighted by molar-refractivity contribution is 5.93. The summed E-state index contributed by atoms with van der Waals surface area (Å²) >= 11 is 0. The number of piperidine rings is 1. The maximum Gasteiger partial charge on any atom is 0.273 e. The minimum absolute atomic E-state index is 0. The number of nitrogens with zero attached hydrogens (tertiary/aromatic N) is 4. The number of hydrogen-bond acceptors (Lipinski definition) is 5. The van der Waals surface area contributed by atoms with E-state index in [1.807, 2.05) is 35.9 Å². The molecule has 4 rings (SSSR count). The van der Waals surface area contributed by atoms with E-state index in [1.54, 1.807) is 0 Å². The smallest absolute Gasteiger partial charge is 0.273 e. The number of imidazole rings is 1. The second kappa shape index (κ2) is 10.6. The number of carbonyl (C=O) groups excluding carboxylic acids is 1. The molecule has 3 aromatic rings. The van der Waals surface area contributed by atoms with Gasteiger partial charge < -0.3 is 15.6 Å². The van der Waals surface area contributed by atoms with Crippen molar-refractivity contribution >= 4 is 41.8 Å². The number of fused-ring (bicyclic) bond motifs is 1. The molecular weight excluding hydrogens is 413 g/mol. The molecule has 10 heteroatoms. The zero-order valence-corrected chi connectivity index (χ0v) is 18.0. The van der Waals surface area contributed by atoms with Crippen LogP contribution in [0.15, 0.2) is 24.3 Å². The molecule has 158 valence electrons. The normalized spacial score (nSPS) is 14.2. The van der Waals surface area contributed by atoms with E-state index in [2.05, 4.69) is 30.9 Å². The molecule has 0 atom stereocenters. The van der Waals surface area contributed by atoms with E-state index in [9.17, 15) is 4.79 Å². The lowest BCUT2D eigenvalue weighted by molar-refractivity contribution is 0.0947. The van der Waals surface area contributed by atoms with Crippen molar-refractivity contribution in [3.63, 3.8) is 0 Å². The Balaban J connectivity index is 0.00000150. The summed E-state index contributed by atoms with van der Waals surface area (Å²) in [6, 6.07) is 8.30. The van der Waals surface area contributed by atoms with E-state index < -0.39 is 0 Å². The number of rotatable bonds is 6. The van der Waals surface area contributed by atoms with Crippen LogP contribution in [0.5, 0.6) is 0 Å². The topological polar surface area (TPSA) is 101 Å². The van der Waals surface area contributed by atoms with E-state index in [0.717, 1.165) is 61.3 Å². The molecule has 0 aliphatic carbocycles. The Morgan fingerprint density at radius 2 is 2.00 bits per heavy atom. The summed E-state index contributed by atoms with van der Waals surface area (Å²) in [7, 11) is 0. The van der Waals surface area contributed by atoms with Crippen molar-refractivity contribution in [3.05, 3.63) is 41.5 Å². The van der Waals surface area contributed by atoms with Crippen molar-refractivity contribution in [1.29, 1.82) is 0 Å². The second-order valence-electron chi connectivity index (χ2n) is 7.01. The quantitative estimate of drug-likeness (QED) is 0.512. The number of hydrogen-bond donors (Lipinski definition) is 3. The molecule has 1 amide bonds. The Morgan fingerprint density at radius 1 is 1.24 bits per heavy atom. The third-order valence-corrected chi connectivity index (χ3v) is 5.11. The van der Waals surface area contributed by atoms with Crippen LogP contribution < -0.4 is 10.6 Å². The molecule has 1 aliphatic rings. The van der Waals surface area contributed by atoms with Crippen molar-refractivity contribution in [3.8, 4) is 0 Å². The van der Waals surface area contributed by atoms with Gasteiger partial charge in [-0.05, 0) is 51.4 Å². The Hall–Kier alpha value is -2.16. The molecule has 1 aliphatic heterocycles. The van der Waals surface area contributed by atoms with Gasteiger partial charge in [0.25, 0.3) is 5.91 Å². The Bertz CT molecular complexity index is 901. The average Bonchev–Trinajstić information content (AvgIpc) is 3.29. The predicted molar refractivity (Wildman–Crippen MR) is 117 cm³/mol. The molecule has 0 saturated carbocycles. The highest BCUT2D eigenvalue weighted by atomic mass is 35.5. The zero-order valence-electron chi connectivity index (χ0n) is 16.4. The van der Waals surface area contributed by atoms with Gasteiger partial charge in [-0.15, -0.1) is 29.9 Å². The lowest BCUT2D eigenvalue weighted by Crippen LogP contribution is -2.30. The van der Waals surface area contributed by atoms with Crippen molar-refractivity contribution in [1.82, 2.24) is 35.6 Å². The minimum Gasteiger partial charge on any atom is -0.351 e. The number of aromatic amines is 1. The highest BCUT2D eigenvalue weighted by Gasteiger charge is 2.22. The van der Waals surface area contributed by atoms with Crippen LogP contribution >= 0.6 is 24.8 Å². The van der Waals surface area contributed by atoms with Gasteiger partial charge in [0, 0.05) is 13.0 Å². The molecule has 3 heterocycles. The van der Waals surface area contributed by atoms with E-state index in [4.69, 9.17) is 0 Å². The summed E-state index contributed by atoms with van der Waals surface area (Å²) in [5.41, 5.74) is 3.29. The van der Waals surface area contributed by atoms with Crippen LogP contribution in [0.1, 0.15) is 47.3 Å². The van der Waals surface area contributed by atoms with Crippen molar-refractivity contribution in [2.75, 3.05) is 19.6 Å². The van der Waals surface area contributed by atoms with Gasteiger partial charge in [0.1, 0.15) is 5.82 Å². The predicted octanol–water partition coefficient (Wildman–Crippen LogP) is 2.59. The number of benzene rings is 1. The number of carbonyl (C=O) groups is 1. The van der Waals surface area contributed by atoms with Gasteiger partial charge in [-0.25, -0.2) is 9.67 Å². The third kappa shape index (κ3) is 5.26. The summed E-state index contributed by atoms with van der Waals surface area (Å²) in [5.74, 6) is 0.788. The van der Waals surface area contributed by atoms with E-state index in [0.29, 0.717) is 18.3 Å². The number of halogens is 2. The molecule has 2 aromatic heterocycles. The number of para-hydroxylation sites is 2. The summed E-state index contributed by atoms with van der Waals surface area (Å²) < 4.78 is 1.91. The van der Waals surface area contributed by atoms with Gasteiger partial charge in [0.05, 0.1) is 22.8 Å². The van der Waals surface area contributed by atoms with E-state index in [1.165, 1.54) is 0 Å². The van der Waals surface area contributed by atoms with E-state index >= 15 is 0 Å². The SMILES string of the molecule is Cc1c(C(=O)NCCCc2nc3ccccc3[nH]2)nnn1C1CCNCC1.Cl.Cl. The van der Waals surface area contributed by atoms with Crippen molar-refractivity contribution in [2.45, 2.75) is 38.6 Å². The van der Waals surface area contributed by atoms with Crippen LogP contribution in [0, 0.1) is 6.92 Å². The first-order valence-corrected chi connectivity index (χ1v) is 9.56. The fourth-order valence-electron chi connectivity index (χ4n) is 3.61. The zero-order chi connectivity index (χ0) is 18.6. The number of aromatic nitrogens is 5. The molecule has 0 bridgehead atoms. The molecule has 0 spiro atoms. The highest BCUT2D eigenvalue weighted by Crippen LogP contribution is 2.20. The first-order chi connectivity index (χ1) is 13.2. The molecule has 29 heavy (non-hydrogen) atoms. The number of aryl methyl sites for hydroxylation is 1. The summed E-state index contributed by atoms with van der Waals surface area (Å²) in [6.45, 7) is 4.46. The molecule has 1 saturated heterocycles. The number of nitrogens with one attached hydrogen (secondary N) is 3. The first-order valence-electron chi connectivity index (χ1n) is 9.56. The van der Waals surface area contributed by atoms with Crippen LogP contribution in [0.2, 0.25) is 0 Å². The Kier molecular flexibility index (Phi) is 8.43. The van der Waals surface area contributed by atoms with Crippen LogP contribution in [0.25, 0.3) is 11.0 Å². The Labute approximate surface area is 182 Å². The largest absolute Gasteiger partial charge is 0.351 e. The number of H-pyrrole nitrogens is 1. The third-order valence-electron chi connectivity index (χ3n) is 5.11. The van der Waals surface area contributed by atoms with Crippen LogP contribution in [-0.2, 0) is 6.42 Å². The van der Waals surface area contributed by atoms with Crippen LogP contribution in [0.4, 0.5) is 0 Å². The van der Waals surface area contributed by atoms with Gasteiger partial charge in [0.15, 0.2) is 5.69 Å². The van der Waals surface area contributed by atoms with Crippen LogP contribution in [0.3, 0.4) is 0 Å². The maximum absolute atomic E-state index is 12.5. The molecule has 0 radical (unpaired) electrons. The fourth-order valence-corrected chi connectivity index (χ4v) is 3.61. The maximum atomic E-state index is 12.5. The standard InChI is InChI=1S/C19H25N7O.2ClH/c1-13-18(24-25-26(13)14-8-11-20-12-9-14)19(27)21-10-4-7-17-22-15-5-2-3-6-16(15)23-17;;/h2-3,5-6,14,20H,4,7-12H2,1H3,(H,21,27)(H,22,23);2*1H. The fraction of sp³-hybridized carbons (Fsp3) is 0.474. The van der Waals surface area contributed by atoms with Gasteiger partial charge in [-0.2, -0.15) is 0 Å². The first kappa shape index (κ1) is 23.1. The Morgan fingerprint density at radius 3 is 2.76 bits per heavy atom.